The fraction of sp³-hybridized carbons (Fsp3) is 0.588. The van der Waals surface area contributed by atoms with E-state index in [9.17, 15) is 13.2 Å². The van der Waals surface area contributed by atoms with Gasteiger partial charge in [0.05, 0.1) is 18.9 Å². The minimum absolute atomic E-state index is 0.0542. The summed E-state index contributed by atoms with van der Waals surface area (Å²) in [6.45, 7) is 5.84. The van der Waals surface area contributed by atoms with Crippen LogP contribution in [0, 0.1) is 0 Å². The maximum Gasteiger partial charge on any atom is 0.410 e. The first kappa shape index (κ1) is 18.7. The molecule has 0 aromatic heterocycles. The zero-order valence-electron chi connectivity index (χ0n) is 14.6. The molecule has 0 spiro atoms. The average molecular weight is 355 g/mol. The van der Waals surface area contributed by atoms with E-state index < -0.39 is 21.8 Å². The summed E-state index contributed by atoms with van der Waals surface area (Å²) >= 11 is 0. The van der Waals surface area contributed by atoms with Crippen LogP contribution in [-0.4, -0.2) is 50.5 Å². The Labute approximate surface area is 143 Å². The van der Waals surface area contributed by atoms with E-state index in [1.807, 2.05) is 30.3 Å². The molecule has 1 aliphatic heterocycles. The summed E-state index contributed by atoms with van der Waals surface area (Å²) in [5.41, 5.74) is 0.511. The molecule has 2 atom stereocenters. The molecule has 0 bridgehead atoms. The normalized spacial score (nSPS) is 21.8. The second-order valence-corrected chi connectivity index (χ2v) is 8.76. The van der Waals surface area contributed by atoms with Crippen molar-refractivity contribution in [2.24, 2.45) is 0 Å². The Morgan fingerprint density at radius 2 is 1.88 bits per heavy atom. The number of ether oxygens (including phenoxy) is 1. The Bertz CT molecular complexity index is 666. The highest BCUT2D eigenvalue weighted by atomic mass is 32.2. The largest absolute Gasteiger partial charge is 0.444 e. The number of carbonyl (C=O) groups is 1. The smallest absolute Gasteiger partial charge is 0.410 e. The van der Waals surface area contributed by atoms with Gasteiger partial charge < -0.3 is 9.64 Å². The van der Waals surface area contributed by atoms with E-state index in [0.717, 1.165) is 11.8 Å². The molecule has 2 rings (SSSR count). The molecule has 134 valence electrons. The summed E-state index contributed by atoms with van der Waals surface area (Å²) in [6, 6.07) is 9.53. The van der Waals surface area contributed by atoms with Gasteiger partial charge in [-0.1, -0.05) is 30.3 Å². The van der Waals surface area contributed by atoms with Crippen LogP contribution in [0.3, 0.4) is 0 Å². The van der Waals surface area contributed by atoms with Gasteiger partial charge in [0.2, 0.25) is 0 Å². The van der Waals surface area contributed by atoms with Crippen LogP contribution in [0.15, 0.2) is 30.3 Å². The lowest BCUT2D eigenvalue weighted by atomic mass is 9.97. The molecular formula is C17H25NO5S. The van der Waals surface area contributed by atoms with Crippen LogP contribution < -0.4 is 0 Å². The molecule has 0 N–H and O–H groups in total. The van der Waals surface area contributed by atoms with Gasteiger partial charge >= 0.3 is 6.09 Å². The fourth-order valence-corrected chi connectivity index (χ4v) is 3.19. The zero-order valence-corrected chi connectivity index (χ0v) is 15.4. The summed E-state index contributed by atoms with van der Waals surface area (Å²) in [5.74, 6) is 0.131. The molecule has 1 fully saturated rings. The quantitative estimate of drug-likeness (QED) is 0.777. The van der Waals surface area contributed by atoms with Gasteiger partial charge in [0, 0.05) is 12.5 Å². The van der Waals surface area contributed by atoms with Crippen molar-refractivity contribution in [3.63, 3.8) is 0 Å². The van der Waals surface area contributed by atoms with Crippen LogP contribution in [-0.2, 0) is 19.0 Å². The minimum atomic E-state index is -3.56. The Kier molecular flexibility index (Phi) is 5.55. The van der Waals surface area contributed by atoms with Crippen LogP contribution in [0.25, 0.3) is 0 Å². The van der Waals surface area contributed by atoms with Crippen molar-refractivity contribution in [3.8, 4) is 0 Å². The standard InChI is InChI=1S/C17H25NO5S/c1-17(2,3)23-16(19)18-11-14(13-8-6-5-7-9-13)10-15(18)12-22-24(4,20)21/h5-9,14-15H,10-12H2,1-4H3. The van der Waals surface area contributed by atoms with Crippen LogP contribution >= 0.6 is 0 Å². The maximum atomic E-state index is 12.5. The Morgan fingerprint density at radius 3 is 2.42 bits per heavy atom. The molecule has 1 amide bonds. The third-order valence-electron chi connectivity index (χ3n) is 3.79. The maximum absolute atomic E-state index is 12.5. The molecule has 1 saturated heterocycles. The van der Waals surface area contributed by atoms with Crippen molar-refractivity contribution in [1.82, 2.24) is 4.90 Å². The summed E-state index contributed by atoms with van der Waals surface area (Å²) in [7, 11) is -3.56. The van der Waals surface area contributed by atoms with Gasteiger partial charge in [0.1, 0.15) is 5.60 Å². The first-order valence-corrected chi connectivity index (χ1v) is 9.76. The molecule has 0 aliphatic carbocycles. The molecule has 0 radical (unpaired) electrons. The number of amides is 1. The Hall–Kier alpha value is -1.60. The molecular weight excluding hydrogens is 330 g/mol. The number of likely N-dealkylation sites (tertiary alicyclic amines) is 1. The zero-order chi connectivity index (χ0) is 18.0. The van der Waals surface area contributed by atoms with Gasteiger partial charge in [-0.05, 0) is 32.8 Å². The van der Waals surface area contributed by atoms with E-state index in [-0.39, 0.29) is 18.6 Å². The summed E-state index contributed by atoms with van der Waals surface area (Å²) < 4.78 is 33.0. The van der Waals surface area contributed by atoms with Gasteiger partial charge in [0.25, 0.3) is 10.1 Å². The highest BCUT2D eigenvalue weighted by molar-refractivity contribution is 7.85. The van der Waals surface area contributed by atoms with E-state index in [2.05, 4.69) is 0 Å². The third-order valence-corrected chi connectivity index (χ3v) is 4.35. The molecule has 1 aliphatic rings. The number of hydrogen-bond acceptors (Lipinski definition) is 5. The number of benzene rings is 1. The van der Waals surface area contributed by atoms with E-state index in [4.69, 9.17) is 8.92 Å². The monoisotopic (exact) mass is 355 g/mol. The third kappa shape index (κ3) is 5.49. The second kappa shape index (κ2) is 7.11. The molecule has 24 heavy (non-hydrogen) atoms. The number of nitrogens with zero attached hydrogens (tertiary/aromatic N) is 1. The Balaban J connectivity index is 2.15. The van der Waals surface area contributed by atoms with E-state index in [0.29, 0.717) is 13.0 Å². The van der Waals surface area contributed by atoms with Crippen LogP contribution in [0.4, 0.5) is 4.79 Å². The van der Waals surface area contributed by atoms with Gasteiger partial charge in [-0.3, -0.25) is 4.18 Å². The summed E-state index contributed by atoms with van der Waals surface area (Å²) in [6.07, 6.45) is 1.20. The minimum Gasteiger partial charge on any atom is -0.444 e. The van der Waals surface area contributed by atoms with Crippen LogP contribution in [0.1, 0.15) is 38.7 Å². The first-order chi connectivity index (χ1) is 11.1. The molecule has 1 aromatic carbocycles. The SMILES string of the molecule is CC(C)(C)OC(=O)N1CC(c2ccccc2)CC1COS(C)(=O)=O. The van der Waals surface area contributed by atoms with Crippen molar-refractivity contribution in [1.29, 1.82) is 0 Å². The van der Waals surface area contributed by atoms with Gasteiger partial charge in [0.15, 0.2) is 0 Å². The topological polar surface area (TPSA) is 72.9 Å². The van der Waals surface area contributed by atoms with Gasteiger partial charge in [-0.15, -0.1) is 0 Å². The van der Waals surface area contributed by atoms with Crippen molar-refractivity contribution < 1.29 is 22.1 Å². The molecule has 6 nitrogen and oxygen atoms in total. The fourth-order valence-electron chi connectivity index (χ4n) is 2.79. The number of hydrogen-bond donors (Lipinski definition) is 0. The van der Waals surface area contributed by atoms with E-state index in [1.165, 1.54) is 0 Å². The summed E-state index contributed by atoms with van der Waals surface area (Å²) in [4.78, 5) is 14.0. The average Bonchev–Trinajstić information content (AvgIpc) is 2.88. The first-order valence-electron chi connectivity index (χ1n) is 7.94. The van der Waals surface area contributed by atoms with Crippen LogP contribution in [0.2, 0.25) is 0 Å². The van der Waals surface area contributed by atoms with E-state index >= 15 is 0 Å². The van der Waals surface area contributed by atoms with Gasteiger partial charge in [-0.2, -0.15) is 8.42 Å². The Morgan fingerprint density at radius 1 is 1.25 bits per heavy atom. The molecule has 1 heterocycles. The molecule has 1 aromatic rings. The van der Waals surface area contributed by atoms with Gasteiger partial charge in [-0.25, -0.2) is 4.79 Å². The van der Waals surface area contributed by atoms with E-state index in [1.54, 1.807) is 25.7 Å². The highest BCUT2D eigenvalue weighted by Gasteiger charge is 2.38. The number of carbonyl (C=O) groups excluding carboxylic acids is 1. The summed E-state index contributed by atoms with van der Waals surface area (Å²) in [5, 5.41) is 0. The van der Waals surface area contributed by atoms with Crippen molar-refractivity contribution in [2.45, 2.75) is 44.8 Å². The lowest BCUT2D eigenvalue weighted by molar-refractivity contribution is 0.0188. The van der Waals surface area contributed by atoms with Crippen molar-refractivity contribution in [2.75, 3.05) is 19.4 Å². The van der Waals surface area contributed by atoms with Crippen molar-refractivity contribution in [3.05, 3.63) is 35.9 Å². The van der Waals surface area contributed by atoms with Crippen LogP contribution in [0.5, 0.6) is 0 Å². The lowest BCUT2D eigenvalue weighted by Gasteiger charge is -2.28. The second-order valence-electron chi connectivity index (χ2n) is 7.12. The molecule has 0 saturated carbocycles. The molecule has 7 heteroatoms. The number of rotatable bonds is 4. The lowest BCUT2D eigenvalue weighted by Crippen LogP contribution is -2.42. The predicted molar refractivity (Wildman–Crippen MR) is 91.3 cm³/mol. The highest BCUT2D eigenvalue weighted by Crippen LogP contribution is 2.33. The van der Waals surface area contributed by atoms with Crippen molar-refractivity contribution >= 4 is 16.2 Å². The predicted octanol–water partition coefficient (Wildman–Crippen LogP) is 2.76. The molecule has 2 unspecified atom stereocenters.